The monoisotopic (exact) mass is 495 g/mol. The predicted molar refractivity (Wildman–Crippen MR) is 147 cm³/mol. The van der Waals surface area contributed by atoms with Gasteiger partial charge >= 0.3 is 0 Å². The molecule has 37 heavy (non-hydrogen) atoms. The molecule has 6 nitrogen and oxygen atoms in total. The molecule has 3 aromatic carbocycles. The fourth-order valence-corrected chi connectivity index (χ4v) is 4.87. The Hall–Kier alpha value is -3.93. The summed E-state index contributed by atoms with van der Waals surface area (Å²) < 4.78 is 11.2. The first kappa shape index (κ1) is 24.8. The molecule has 1 saturated carbocycles. The van der Waals surface area contributed by atoms with E-state index in [1.165, 1.54) is 19.3 Å². The number of benzene rings is 3. The molecule has 0 unspecified atom stereocenters. The maximum Gasteiger partial charge on any atom is 0.251 e. The third kappa shape index (κ3) is 5.74. The average molecular weight is 496 g/mol. The fraction of sp³-hybridized carbons (Fsp3) is 0.323. The van der Waals surface area contributed by atoms with Gasteiger partial charge in [-0.2, -0.15) is 0 Å². The van der Waals surface area contributed by atoms with Gasteiger partial charge in [0.05, 0.1) is 35.6 Å². The van der Waals surface area contributed by atoms with Crippen molar-refractivity contribution in [2.75, 3.05) is 13.2 Å². The molecule has 1 fully saturated rings. The van der Waals surface area contributed by atoms with Gasteiger partial charge in [0, 0.05) is 22.7 Å². The van der Waals surface area contributed by atoms with Crippen LogP contribution in [0.15, 0.2) is 66.7 Å². The lowest BCUT2D eigenvalue weighted by molar-refractivity contribution is 0.0928. The average Bonchev–Trinajstić information content (AvgIpc) is 2.94. The smallest absolute Gasteiger partial charge is 0.251 e. The molecule has 0 saturated heterocycles. The molecule has 5 rings (SSSR count). The van der Waals surface area contributed by atoms with Crippen molar-refractivity contribution in [3.8, 4) is 34.0 Å². The fourth-order valence-electron chi connectivity index (χ4n) is 4.87. The molecule has 4 aromatic rings. The second-order valence-corrected chi connectivity index (χ2v) is 9.35. The number of carbonyl (C=O) groups is 1. The van der Waals surface area contributed by atoms with E-state index >= 15 is 0 Å². The van der Waals surface area contributed by atoms with Crippen molar-refractivity contribution in [3.05, 3.63) is 72.3 Å². The highest BCUT2D eigenvalue weighted by Gasteiger charge is 2.18. The molecule has 1 N–H and O–H groups in total. The third-order valence-electron chi connectivity index (χ3n) is 6.74. The second kappa shape index (κ2) is 11.4. The first-order valence-electron chi connectivity index (χ1n) is 13.2. The number of hydrogen-bond acceptors (Lipinski definition) is 5. The Balaban J connectivity index is 1.54. The van der Waals surface area contributed by atoms with E-state index in [1.807, 2.05) is 80.6 Å². The SMILES string of the molecule is CCOc1ccc(-c2nc3ccc(C(=O)NC4CCCCC4)cc3nc2-c2ccc(OCC)cc2)cc1. The zero-order valence-electron chi connectivity index (χ0n) is 21.5. The van der Waals surface area contributed by atoms with E-state index in [1.54, 1.807) is 0 Å². The van der Waals surface area contributed by atoms with Crippen LogP contribution in [-0.4, -0.2) is 35.1 Å². The maximum atomic E-state index is 13.0. The summed E-state index contributed by atoms with van der Waals surface area (Å²) in [5, 5.41) is 3.20. The van der Waals surface area contributed by atoms with E-state index in [0.717, 1.165) is 52.4 Å². The van der Waals surface area contributed by atoms with Gasteiger partial charge in [0.15, 0.2) is 0 Å². The van der Waals surface area contributed by atoms with Crippen molar-refractivity contribution in [1.29, 1.82) is 0 Å². The summed E-state index contributed by atoms with van der Waals surface area (Å²) in [5.41, 5.74) is 5.45. The molecule has 1 aromatic heterocycles. The molecule has 1 amide bonds. The second-order valence-electron chi connectivity index (χ2n) is 9.35. The number of carbonyl (C=O) groups excluding carboxylic acids is 1. The van der Waals surface area contributed by atoms with Crippen molar-refractivity contribution < 1.29 is 14.3 Å². The Kier molecular flexibility index (Phi) is 7.64. The quantitative estimate of drug-likeness (QED) is 0.290. The number of aromatic nitrogens is 2. The van der Waals surface area contributed by atoms with Crippen molar-refractivity contribution in [2.45, 2.75) is 52.0 Å². The molecule has 1 heterocycles. The van der Waals surface area contributed by atoms with Crippen molar-refractivity contribution in [1.82, 2.24) is 15.3 Å². The first-order chi connectivity index (χ1) is 18.1. The lowest BCUT2D eigenvalue weighted by Gasteiger charge is -2.22. The molecule has 0 bridgehead atoms. The van der Waals surface area contributed by atoms with Gasteiger partial charge in [-0.15, -0.1) is 0 Å². The predicted octanol–water partition coefficient (Wildman–Crippen LogP) is 6.82. The van der Waals surface area contributed by atoms with E-state index in [4.69, 9.17) is 19.4 Å². The molecule has 6 heteroatoms. The summed E-state index contributed by atoms with van der Waals surface area (Å²) in [5.74, 6) is 1.58. The van der Waals surface area contributed by atoms with Gasteiger partial charge in [0.2, 0.25) is 0 Å². The molecular formula is C31H33N3O3. The van der Waals surface area contributed by atoms with E-state index in [-0.39, 0.29) is 11.9 Å². The summed E-state index contributed by atoms with van der Waals surface area (Å²) in [4.78, 5) is 23.0. The topological polar surface area (TPSA) is 73.3 Å². The largest absolute Gasteiger partial charge is 0.494 e. The highest BCUT2D eigenvalue weighted by molar-refractivity contribution is 5.98. The third-order valence-corrected chi connectivity index (χ3v) is 6.74. The number of hydrogen-bond donors (Lipinski definition) is 1. The van der Waals surface area contributed by atoms with Crippen LogP contribution in [0.3, 0.4) is 0 Å². The molecule has 0 aliphatic heterocycles. The van der Waals surface area contributed by atoms with E-state index in [9.17, 15) is 4.79 Å². The Morgan fingerprint density at radius 1 is 0.757 bits per heavy atom. The number of rotatable bonds is 8. The van der Waals surface area contributed by atoms with Gasteiger partial charge in [-0.3, -0.25) is 4.79 Å². The summed E-state index contributed by atoms with van der Waals surface area (Å²) in [7, 11) is 0. The number of nitrogens with zero attached hydrogens (tertiary/aromatic N) is 2. The number of fused-ring (bicyclic) bond motifs is 1. The van der Waals surface area contributed by atoms with Crippen LogP contribution in [0.2, 0.25) is 0 Å². The van der Waals surface area contributed by atoms with Crippen LogP contribution in [-0.2, 0) is 0 Å². The van der Waals surface area contributed by atoms with Crippen molar-refractivity contribution in [3.63, 3.8) is 0 Å². The van der Waals surface area contributed by atoms with Gasteiger partial charge < -0.3 is 14.8 Å². The van der Waals surface area contributed by atoms with Gasteiger partial charge in [-0.05, 0) is 93.4 Å². The van der Waals surface area contributed by atoms with Crippen LogP contribution in [0.1, 0.15) is 56.3 Å². The molecule has 1 aliphatic carbocycles. The Labute approximate surface area is 218 Å². The molecule has 190 valence electrons. The molecule has 0 radical (unpaired) electrons. The summed E-state index contributed by atoms with van der Waals surface area (Å²) in [6.45, 7) is 5.16. The normalized spacial score (nSPS) is 13.9. The summed E-state index contributed by atoms with van der Waals surface area (Å²) in [6, 6.07) is 21.6. The van der Waals surface area contributed by atoms with Crippen LogP contribution in [0.5, 0.6) is 11.5 Å². The zero-order valence-corrected chi connectivity index (χ0v) is 21.5. The maximum absolute atomic E-state index is 13.0. The Morgan fingerprint density at radius 2 is 1.30 bits per heavy atom. The van der Waals surface area contributed by atoms with E-state index in [0.29, 0.717) is 24.3 Å². The number of nitrogens with one attached hydrogen (secondary N) is 1. The van der Waals surface area contributed by atoms with E-state index in [2.05, 4.69) is 5.32 Å². The highest BCUT2D eigenvalue weighted by atomic mass is 16.5. The Morgan fingerprint density at radius 3 is 1.84 bits per heavy atom. The molecule has 0 spiro atoms. The molecule has 0 atom stereocenters. The van der Waals surface area contributed by atoms with E-state index < -0.39 is 0 Å². The minimum atomic E-state index is -0.0474. The molecular weight excluding hydrogens is 462 g/mol. The molecule has 1 aliphatic rings. The minimum absolute atomic E-state index is 0.0474. The van der Waals surface area contributed by atoms with Crippen LogP contribution in [0, 0.1) is 0 Å². The minimum Gasteiger partial charge on any atom is -0.494 e. The summed E-state index contributed by atoms with van der Waals surface area (Å²) in [6.07, 6.45) is 5.70. The highest BCUT2D eigenvalue weighted by Crippen LogP contribution is 2.33. The van der Waals surface area contributed by atoms with Crippen LogP contribution in [0.25, 0.3) is 33.5 Å². The van der Waals surface area contributed by atoms with Gasteiger partial charge in [0.25, 0.3) is 5.91 Å². The standard InChI is InChI=1S/C31H33N3O3/c1-3-36-25-15-10-21(11-16-25)29-30(22-12-17-26(18-13-22)37-4-2)34-28-20-23(14-19-27(28)33-29)31(35)32-24-8-6-5-7-9-24/h10-20,24H,3-9H2,1-2H3,(H,32,35). The number of amides is 1. The summed E-state index contributed by atoms with van der Waals surface area (Å²) >= 11 is 0. The van der Waals surface area contributed by atoms with Crippen molar-refractivity contribution in [2.24, 2.45) is 0 Å². The number of ether oxygens (including phenoxy) is 2. The van der Waals surface area contributed by atoms with Gasteiger partial charge in [0.1, 0.15) is 11.5 Å². The lowest BCUT2D eigenvalue weighted by Crippen LogP contribution is -2.36. The zero-order chi connectivity index (χ0) is 25.6. The lowest BCUT2D eigenvalue weighted by atomic mass is 9.95. The van der Waals surface area contributed by atoms with Crippen molar-refractivity contribution >= 4 is 16.9 Å². The van der Waals surface area contributed by atoms with Gasteiger partial charge in [-0.1, -0.05) is 19.3 Å². The van der Waals surface area contributed by atoms with Gasteiger partial charge in [-0.25, -0.2) is 9.97 Å². The van der Waals surface area contributed by atoms with Crippen LogP contribution >= 0.6 is 0 Å². The Bertz CT molecular complexity index is 1360. The first-order valence-corrected chi connectivity index (χ1v) is 13.2. The van der Waals surface area contributed by atoms with Crippen LogP contribution in [0.4, 0.5) is 0 Å². The van der Waals surface area contributed by atoms with Crippen LogP contribution < -0.4 is 14.8 Å².